The number of hydrogen-bond donors (Lipinski definition) is 4. The fourth-order valence-corrected chi connectivity index (χ4v) is 8.35. The van der Waals surface area contributed by atoms with Crippen LogP contribution in [-0.4, -0.2) is 84.1 Å². The van der Waals surface area contributed by atoms with Gasteiger partial charge in [-0.25, -0.2) is 10.1 Å². The summed E-state index contributed by atoms with van der Waals surface area (Å²) in [4.78, 5) is 24.7. The molecule has 0 aromatic carbocycles. The summed E-state index contributed by atoms with van der Waals surface area (Å²) in [5.74, 6) is 0.00248. The molecule has 3 heterocycles. The summed E-state index contributed by atoms with van der Waals surface area (Å²) in [6, 6.07) is -0.883. The van der Waals surface area contributed by atoms with Crippen LogP contribution in [0.15, 0.2) is 6.33 Å². The van der Waals surface area contributed by atoms with E-state index in [1.54, 1.807) is 20.8 Å². The average Bonchev–Trinajstić information content (AvgIpc) is 3.25. The van der Waals surface area contributed by atoms with Crippen LogP contribution in [0.25, 0.3) is 11.2 Å². The Kier molecular flexibility index (Phi) is 7.79. The van der Waals surface area contributed by atoms with Crippen molar-refractivity contribution in [3.8, 4) is 5.88 Å². The zero-order chi connectivity index (χ0) is 27.2. The molecular formula is C21H33N6O8PS. The number of nitrogens with two attached hydrogens (primary N) is 1. The van der Waals surface area contributed by atoms with Crippen molar-refractivity contribution in [1.82, 2.24) is 24.6 Å². The Balaban J connectivity index is 1.59. The molecule has 1 saturated heterocycles. The molecule has 4 rings (SSSR count). The maximum Gasteiger partial charge on any atom is 0.327 e. The Bertz CT molecular complexity index is 1210. The van der Waals surface area contributed by atoms with Crippen LogP contribution in [-0.2, 0) is 23.4 Å². The average molecular weight is 561 g/mol. The molecule has 1 saturated carbocycles. The predicted molar refractivity (Wildman–Crippen MR) is 135 cm³/mol. The standard InChI is InChI=1S/C21H33N6O8PS/c1-6-32-15-13-14(24-19(22)25-15)27(10-23-13)18-20(5,30)17(29)21(34-18)9-12(21)35-36(31,37-8-3)26-11(4)16(28)33-7-2/h10-12,17-18,29-30H,6-9H2,1-5H3,(H,26,31)(H2,22,24,25)/t11-,12+,17+,18-,20-,21?,36-/m1/s1. The second kappa shape index (κ2) is 10.3. The first-order valence-electron chi connectivity index (χ1n) is 12.0. The van der Waals surface area contributed by atoms with Gasteiger partial charge in [-0.2, -0.15) is 9.97 Å². The number of rotatable bonds is 11. The molecule has 16 heteroatoms. The van der Waals surface area contributed by atoms with Gasteiger partial charge in [-0.15, -0.1) is 0 Å². The van der Waals surface area contributed by atoms with Crippen LogP contribution < -0.4 is 15.6 Å². The number of nitrogens with one attached hydrogen (secondary N) is 1. The summed E-state index contributed by atoms with van der Waals surface area (Å²) in [6.45, 7) is 5.13. The van der Waals surface area contributed by atoms with Crippen LogP contribution in [0.2, 0.25) is 0 Å². The molecule has 2 aromatic heterocycles. The third-order valence-corrected chi connectivity index (χ3v) is 10.4. The van der Waals surface area contributed by atoms with Gasteiger partial charge in [0.15, 0.2) is 17.4 Å². The topological polar surface area (TPSA) is 193 Å². The minimum atomic E-state index is -3.61. The zero-order valence-electron chi connectivity index (χ0n) is 21.3. The van der Waals surface area contributed by atoms with Gasteiger partial charge in [0.25, 0.3) is 0 Å². The SMILES string of the molecule is CCOC(=O)[C@@H](C)N[P@@](=O)(O[C@H]1CC12O[C@@H](n1cnc3c(OCC)nc(N)nc31)[C@](C)(O)[C@@H]2O)SCC. The van der Waals surface area contributed by atoms with E-state index in [4.69, 9.17) is 24.5 Å². The van der Waals surface area contributed by atoms with E-state index >= 15 is 0 Å². The molecule has 1 unspecified atom stereocenters. The molecule has 0 amide bonds. The molecule has 1 aliphatic heterocycles. The predicted octanol–water partition coefficient (Wildman–Crippen LogP) is 1.38. The van der Waals surface area contributed by atoms with Gasteiger partial charge in [-0.3, -0.25) is 13.9 Å². The number of ether oxygens (including phenoxy) is 3. The Morgan fingerprint density at radius 3 is 2.78 bits per heavy atom. The van der Waals surface area contributed by atoms with Gasteiger partial charge in [0, 0.05) is 12.2 Å². The number of aliphatic hydroxyl groups is 2. The van der Waals surface area contributed by atoms with Crippen molar-refractivity contribution >= 4 is 41.2 Å². The van der Waals surface area contributed by atoms with Gasteiger partial charge >= 0.3 is 12.7 Å². The number of carbonyl (C=O) groups is 1. The fraction of sp³-hybridized carbons (Fsp3) is 0.714. The third-order valence-electron chi connectivity index (χ3n) is 6.23. The number of hydrogen-bond acceptors (Lipinski definition) is 13. The van der Waals surface area contributed by atoms with Gasteiger partial charge in [-0.05, 0) is 27.7 Å². The summed E-state index contributed by atoms with van der Waals surface area (Å²) >= 11 is 1.02. The van der Waals surface area contributed by atoms with Crippen molar-refractivity contribution in [2.45, 2.75) is 76.7 Å². The van der Waals surface area contributed by atoms with Crippen LogP contribution in [0.5, 0.6) is 5.88 Å². The minimum absolute atomic E-state index is 0.0578. The third kappa shape index (κ3) is 5.05. The molecule has 1 aliphatic carbocycles. The highest BCUT2D eigenvalue weighted by Crippen LogP contribution is 2.66. The van der Waals surface area contributed by atoms with E-state index in [1.807, 2.05) is 0 Å². The van der Waals surface area contributed by atoms with Crippen LogP contribution >= 0.6 is 18.1 Å². The molecule has 5 N–H and O–H groups in total. The number of anilines is 1. The molecule has 2 aliphatic rings. The largest absolute Gasteiger partial charge is 0.476 e. The second-order valence-corrected chi connectivity index (χ2v) is 13.5. The van der Waals surface area contributed by atoms with Crippen LogP contribution in [0.1, 0.15) is 47.3 Å². The summed E-state index contributed by atoms with van der Waals surface area (Å²) in [5, 5.41) is 25.2. The van der Waals surface area contributed by atoms with Crippen molar-refractivity contribution in [2.24, 2.45) is 0 Å². The lowest BCUT2D eigenvalue weighted by atomic mass is 9.95. The number of carbonyl (C=O) groups excluding carboxylic acids is 1. The van der Waals surface area contributed by atoms with E-state index in [2.05, 4.69) is 20.0 Å². The highest BCUT2D eigenvalue weighted by Gasteiger charge is 2.75. The van der Waals surface area contributed by atoms with E-state index in [1.165, 1.54) is 24.7 Å². The Labute approximate surface area is 217 Å². The first kappa shape index (κ1) is 28.0. The molecule has 0 radical (unpaired) electrons. The van der Waals surface area contributed by atoms with Crippen molar-refractivity contribution in [2.75, 3.05) is 24.7 Å². The van der Waals surface area contributed by atoms with Crippen molar-refractivity contribution < 1.29 is 38.3 Å². The highest BCUT2D eigenvalue weighted by atomic mass is 32.7. The summed E-state index contributed by atoms with van der Waals surface area (Å²) in [5.41, 5.74) is 3.28. The monoisotopic (exact) mass is 560 g/mol. The Morgan fingerprint density at radius 2 is 2.14 bits per heavy atom. The van der Waals surface area contributed by atoms with Gasteiger partial charge < -0.3 is 34.7 Å². The molecule has 2 aromatic rings. The second-order valence-electron chi connectivity index (χ2n) is 9.01. The van der Waals surface area contributed by atoms with Gasteiger partial charge in [-0.1, -0.05) is 18.3 Å². The lowest BCUT2D eigenvalue weighted by Gasteiger charge is -2.27. The number of nitrogen functional groups attached to an aromatic ring is 1. The molecular weight excluding hydrogens is 527 g/mol. The summed E-state index contributed by atoms with van der Waals surface area (Å²) in [7, 11) is 0. The lowest BCUT2D eigenvalue weighted by molar-refractivity contribution is -0.144. The Hall–Kier alpha value is -2.00. The van der Waals surface area contributed by atoms with E-state index in [0.717, 1.165) is 11.4 Å². The number of fused-ring (bicyclic) bond motifs is 1. The van der Waals surface area contributed by atoms with Crippen molar-refractivity contribution in [3.05, 3.63) is 6.33 Å². The van der Waals surface area contributed by atoms with Crippen LogP contribution in [0, 0.1) is 0 Å². The number of aliphatic hydroxyl groups excluding tert-OH is 1. The lowest BCUT2D eigenvalue weighted by Crippen LogP contribution is -2.45. The Morgan fingerprint density at radius 1 is 1.41 bits per heavy atom. The van der Waals surface area contributed by atoms with E-state index in [-0.39, 0.29) is 30.5 Å². The molecule has 206 valence electrons. The molecule has 1 spiro atoms. The van der Waals surface area contributed by atoms with Crippen molar-refractivity contribution in [3.63, 3.8) is 0 Å². The smallest absolute Gasteiger partial charge is 0.327 e. The number of aromatic nitrogens is 4. The zero-order valence-corrected chi connectivity index (χ0v) is 23.0. The maximum atomic E-state index is 13.6. The van der Waals surface area contributed by atoms with E-state index in [0.29, 0.717) is 17.9 Å². The van der Waals surface area contributed by atoms with Gasteiger partial charge in [0.1, 0.15) is 29.5 Å². The van der Waals surface area contributed by atoms with E-state index < -0.39 is 48.4 Å². The number of esters is 1. The molecule has 7 atom stereocenters. The highest BCUT2D eigenvalue weighted by molar-refractivity contribution is 8.56. The first-order chi connectivity index (χ1) is 17.4. The summed E-state index contributed by atoms with van der Waals surface area (Å²) < 4.78 is 37.7. The van der Waals surface area contributed by atoms with Crippen molar-refractivity contribution in [1.29, 1.82) is 0 Å². The van der Waals surface area contributed by atoms with Gasteiger partial charge in [0.05, 0.1) is 19.5 Å². The molecule has 14 nitrogen and oxygen atoms in total. The normalized spacial score (nSPS) is 31.4. The molecule has 0 bridgehead atoms. The maximum absolute atomic E-state index is 13.6. The molecule has 37 heavy (non-hydrogen) atoms. The quantitative estimate of drug-likeness (QED) is 0.227. The molecule has 2 fully saturated rings. The number of nitrogens with zero attached hydrogens (tertiary/aromatic N) is 4. The minimum Gasteiger partial charge on any atom is -0.476 e. The first-order valence-corrected chi connectivity index (χ1v) is 15.2. The van der Waals surface area contributed by atoms with E-state index in [9.17, 15) is 19.6 Å². The van der Waals surface area contributed by atoms with Crippen LogP contribution in [0.3, 0.4) is 0 Å². The number of imidazole rings is 1. The van der Waals surface area contributed by atoms with Gasteiger partial charge in [0.2, 0.25) is 11.8 Å². The van der Waals surface area contributed by atoms with Crippen LogP contribution in [0.4, 0.5) is 5.95 Å². The summed E-state index contributed by atoms with van der Waals surface area (Å²) in [6.07, 6.45) is -1.79. The fourth-order valence-electron chi connectivity index (χ4n) is 4.44.